The molecule has 3 rings (SSSR count). The maximum Gasteiger partial charge on any atom is 0.237 e. The van der Waals surface area contributed by atoms with E-state index < -0.39 is 5.82 Å². The van der Waals surface area contributed by atoms with Crippen molar-refractivity contribution in [2.45, 2.75) is 17.9 Å². The van der Waals surface area contributed by atoms with Gasteiger partial charge in [-0.15, -0.1) is 23.1 Å². The zero-order chi connectivity index (χ0) is 16.9. The summed E-state index contributed by atoms with van der Waals surface area (Å²) in [6, 6.07) is 9.90. The molecule has 1 unspecified atom stereocenters. The van der Waals surface area contributed by atoms with E-state index in [9.17, 15) is 9.18 Å². The van der Waals surface area contributed by atoms with E-state index in [1.807, 2.05) is 17.5 Å². The minimum atomic E-state index is -0.458. The minimum absolute atomic E-state index is 0.174. The van der Waals surface area contributed by atoms with Crippen molar-refractivity contribution in [1.29, 1.82) is 0 Å². The Balaban J connectivity index is 1.54. The number of para-hydroxylation sites is 1. The molecule has 0 spiro atoms. The van der Waals surface area contributed by atoms with Gasteiger partial charge in [-0.1, -0.05) is 23.4 Å². The summed E-state index contributed by atoms with van der Waals surface area (Å²) in [4.78, 5) is 17.3. The number of thiophene rings is 1. The summed E-state index contributed by atoms with van der Waals surface area (Å²) >= 11 is 2.88. The topological polar surface area (TPSA) is 68.0 Å². The van der Waals surface area contributed by atoms with Gasteiger partial charge in [0.15, 0.2) is 0 Å². The van der Waals surface area contributed by atoms with Crippen LogP contribution in [-0.4, -0.2) is 21.3 Å². The van der Waals surface area contributed by atoms with Crippen molar-refractivity contribution >= 4 is 34.7 Å². The standard InChI is InChI=1S/C16H14FN3O2S2/c1-10(16(21)18-12-6-3-2-5-11(12)17)24-9-14-19-15(20-22-14)13-7-4-8-23-13/h2-8,10H,9H2,1H3,(H,18,21). The van der Waals surface area contributed by atoms with Gasteiger partial charge >= 0.3 is 0 Å². The molecular weight excluding hydrogens is 349 g/mol. The molecule has 0 saturated heterocycles. The highest BCUT2D eigenvalue weighted by Gasteiger charge is 2.17. The lowest BCUT2D eigenvalue weighted by molar-refractivity contribution is -0.115. The van der Waals surface area contributed by atoms with Crippen molar-refractivity contribution < 1.29 is 13.7 Å². The lowest BCUT2D eigenvalue weighted by Crippen LogP contribution is -2.23. The monoisotopic (exact) mass is 363 g/mol. The van der Waals surface area contributed by atoms with Gasteiger partial charge in [0, 0.05) is 0 Å². The summed E-state index contributed by atoms with van der Waals surface area (Å²) in [6.45, 7) is 1.75. The highest BCUT2D eigenvalue weighted by molar-refractivity contribution is 7.99. The number of anilines is 1. The second-order valence-electron chi connectivity index (χ2n) is 4.91. The predicted molar refractivity (Wildman–Crippen MR) is 93.4 cm³/mol. The first-order valence-electron chi connectivity index (χ1n) is 7.17. The number of carbonyl (C=O) groups excluding carboxylic acids is 1. The van der Waals surface area contributed by atoms with Gasteiger partial charge in [-0.25, -0.2) is 4.39 Å². The molecule has 5 nitrogen and oxygen atoms in total. The molecule has 8 heteroatoms. The van der Waals surface area contributed by atoms with Crippen molar-refractivity contribution in [1.82, 2.24) is 10.1 Å². The number of benzene rings is 1. The second kappa shape index (κ2) is 7.59. The quantitative estimate of drug-likeness (QED) is 0.711. The van der Waals surface area contributed by atoms with Gasteiger partial charge < -0.3 is 9.84 Å². The second-order valence-corrected chi connectivity index (χ2v) is 7.19. The van der Waals surface area contributed by atoms with Crippen molar-refractivity contribution in [2.75, 3.05) is 5.32 Å². The number of hydrogen-bond acceptors (Lipinski definition) is 6. The minimum Gasteiger partial charge on any atom is -0.338 e. The van der Waals surface area contributed by atoms with E-state index in [-0.39, 0.29) is 16.8 Å². The van der Waals surface area contributed by atoms with Crippen LogP contribution in [0.2, 0.25) is 0 Å². The number of amides is 1. The van der Waals surface area contributed by atoms with Gasteiger partial charge in [0.25, 0.3) is 0 Å². The molecule has 0 radical (unpaired) electrons. The average molecular weight is 363 g/mol. The van der Waals surface area contributed by atoms with Crippen LogP contribution in [0, 0.1) is 5.82 Å². The molecule has 0 fully saturated rings. The van der Waals surface area contributed by atoms with Crippen LogP contribution in [0.5, 0.6) is 0 Å². The number of nitrogens with one attached hydrogen (secondary N) is 1. The number of aromatic nitrogens is 2. The summed E-state index contributed by atoms with van der Waals surface area (Å²) < 4.78 is 18.7. The Kier molecular flexibility index (Phi) is 5.27. The lowest BCUT2D eigenvalue weighted by atomic mass is 10.3. The van der Waals surface area contributed by atoms with Crippen LogP contribution in [0.4, 0.5) is 10.1 Å². The van der Waals surface area contributed by atoms with E-state index in [0.717, 1.165) is 4.88 Å². The molecule has 2 heterocycles. The van der Waals surface area contributed by atoms with Crippen molar-refractivity contribution in [3.8, 4) is 10.7 Å². The van der Waals surface area contributed by atoms with E-state index in [0.29, 0.717) is 17.5 Å². The molecule has 1 atom stereocenters. The van der Waals surface area contributed by atoms with E-state index in [1.54, 1.807) is 19.1 Å². The van der Waals surface area contributed by atoms with Gasteiger partial charge in [-0.2, -0.15) is 4.98 Å². The first kappa shape index (κ1) is 16.7. The Morgan fingerprint density at radius 2 is 2.21 bits per heavy atom. The molecule has 1 amide bonds. The van der Waals surface area contributed by atoms with E-state index in [2.05, 4.69) is 15.5 Å². The molecule has 0 bridgehead atoms. The Labute approximate surface area is 146 Å². The van der Waals surface area contributed by atoms with Gasteiger partial charge in [0.05, 0.1) is 21.6 Å². The Morgan fingerprint density at radius 3 is 2.96 bits per heavy atom. The summed E-state index contributed by atoms with van der Waals surface area (Å²) in [5, 5.41) is 8.05. The summed E-state index contributed by atoms with van der Waals surface area (Å²) in [5.74, 6) is 0.672. The molecule has 0 aliphatic rings. The molecule has 0 aliphatic carbocycles. The summed E-state index contributed by atoms with van der Waals surface area (Å²) in [7, 11) is 0. The molecule has 3 aromatic rings. The number of nitrogens with zero attached hydrogens (tertiary/aromatic N) is 2. The number of thioether (sulfide) groups is 1. The lowest BCUT2D eigenvalue weighted by Gasteiger charge is -2.11. The van der Waals surface area contributed by atoms with Crippen LogP contribution >= 0.6 is 23.1 Å². The Bertz CT molecular complexity index is 820. The number of carbonyl (C=O) groups is 1. The fraction of sp³-hybridized carbons (Fsp3) is 0.188. The first-order chi connectivity index (χ1) is 11.6. The third-order valence-corrected chi connectivity index (χ3v) is 5.16. The highest BCUT2D eigenvalue weighted by atomic mass is 32.2. The zero-order valence-corrected chi connectivity index (χ0v) is 14.4. The molecule has 124 valence electrons. The van der Waals surface area contributed by atoms with Gasteiger partial charge in [-0.05, 0) is 30.5 Å². The van der Waals surface area contributed by atoms with Crippen LogP contribution in [0.1, 0.15) is 12.8 Å². The molecule has 0 aliphatic heterocycles. The Morgan fingerprint density at radius 1 is 1.38 bits per heavy atom. The van der Waals surface area contributed by atoms with Gasteiger partial charge in [0.2, 0.25) is 17.6 Å². The Hall–Kier alpha value is -2.19. The molecule has 2 aromatic heterocycles. The summed E-state index contributed by atoms with van der Waals surface area (Å²) in [6.07, 6.45) is 0. The average Bonchev–Trinajstić information content (AvgIpc) is 3.25. The van der Waals surface area contributed by atoms with E-state index >= 15 is 0 Å². The van der Waals surface area contributed by atoms with E-state index in [1.165, 1.54) is 35.2 Å². The number of rotatable bonds is 6. The van der Waals surface area contributed by atoms with Crippen LogP contribution in [0.25, 0.3) is 10.7 Å². The zero-order valence-electron chi connectivity index (χ0n) is 12.7. The molecule has 1 aromatic carbocycles. The molecular formula is C16H14FN3O2S2. The molecule has 1 N–H and O–H groups in total. The SMILES string of the molecule is CC(SCc1nc(-c2cccs2)no1)C(=O)Nc1ccccc1F. The van der Waals surface area contributed by atoms with E-state index in [4.69, 9.17) is 4.52 Å². The van der Waals surface area contributed by atoms with Crippen LogP contribution in [0.15, 0.2) is 46.3 Å². The summed E-state index contributed by atoms with van der Waals surface area (Å²) in [5.41, 5.74) is 0.174. The normalized spacial score (nSPS) is 12.1. The fourth-order valence-electron chi connectivity index (χ4n) is 1.89. The first-order valence-corrected chi connectivity index (χ1v) is 9.10. The maximum absolute atomic E-state index is 13.5. The number of halogens is 1. The predicted octanol–water partition coefficient (Wildman–Crippen LogP) is 4.20. The van der Waals surface area contributed by atoms with Crippen molar-refractivity contribution in [3.63, 3.8) is 0 Å². The van der Waals surface area contributed by atoms with Crippen molar-refractivity contribution in [2.24, 2.45) is 0 Å². The molecule has 0 saturated carbocycles. The highest BCUT2D eigenvalue weighted by Crippen LogP contribution is 2.24. The van der Waals surface area contributed by atoms with Crippen molar-refractivity contribution in [3.05, 3.63) is 53.5 Å². The van der Waals surface area contributed by atoms with Crippen LogP contribution in [-0.2, 0) is 10.5 Å². The van der Waals surface area contributed by atoms with Gasteiger partial charge in [0.1, 0.15) is 5.82 Å². The molecule has 24 heavy (non-hydrogen) atoms. The third kappa shape index (κ3) is 4.01. The largest absolute Gasteiger partial charge is 0.338 e. The third-order valence-electron chi connectivity index (χ3n) is 3.17. The van der Waals surface area contributed by atoms with Gasteiger partial charge in [-0.3, -0.25) is 4.79 Å². The maximum atomic E-state index is 13.5. The van der Waals surface area contributed by atoms with Crippen LogP contribution < -0.4 is 5.32 Å². The number of hydrogen-bond donors (Lipinski definition) is 1. The van der Waals surface area contributed by atoms with Crippen LogP contribution in [0.3, 0.4) is 0 Å². The fourth-order valence-corrected chi connectivity index (χ4v) is 3.26. The smallest absolute Gasteiger partial charge is 0.237 e.